The number of thiazole rings is 1. The van der Waals surface area contributed by atoms with Gasteiger partial charge < -0.3 is 9.47 Å². The Kier molecular flexibility index (Phi) is 5.93. The van der Waals surface area contributed by atoms with Gasteiger partial charge in [-0.3, -0.25) is 14.5 Å². The number of carbonyl (C=O) groups excluding carboxylic acids is 2. The second-order valence-electron chi connectivity index (χ2n) is 9.52. The summed E-state index contributed by atoms with van der Waals surface area (Å²) in [5.41, 5.74) is 6.02. The Bertz CT molecular complexity index is 1530. The first kappa shape index (κ1) is 23.6. The molecule has 0 N–H and O–H groups in total. The Balaban J connectivity index is 1.21. The normalized spacial score (nSPS) is 17.9. The lowest BCUT2D eigenvalue weighted by molar-refractivity contribution is -0.123. The summed E-state index contributed by atoms with van der Waals surface area (Å²) < 4.78 is 12.0. The number of benzene rings is 3. The minimum Gasteiger partial charge on any atom is -0.493 e. The van der Waals surface area contributed by atoms with E-state index in [4.69, 9.17) is 14.5 Å². The number of aromatic nitrogens is 1. The molecule has 37 heavy (non-hydrogen) atoms. The van der Waals surface area contributed by atoms with Gasteiger partial charge >= 0.3 is 0 Å². The van der Waals surface area contributed by atoms with Gasteiger partial charge in [-0.25, -0.2) is 9.88 Å². The number of rotatable bonds is 5. The summed E-state index contributed by atoms with van der Waals surface area (Å²) in [5.74, 6) is 1.03. The zero-order chi connectivity index (χ0) is 25.7. The van der Waals surface area contributed by atoms with Crippen LogP contribution < -0.4 is 14.4 Å². The maximum absolute atomic E-state index is 13.5. The second kappa shape index (κ2) is 9.28. The molecule has 0 radical (unpaired) electrons. The van der Waals surface area contributed by atoms with E-state index in [-0.39, 0.29) is 18.2 Å². The third-order valence-electron chi connectivity index (χ3n) is 7.23. The second-order valence-corrected chi connectivity index (χ2v) is 10.6. The Morgan fingerprint density at radius 1 is 0.946 bits per heavy atom. The molecule has 0 bridgehead atoms. The van der Waals surface area contributed by atoms with Crippen LogP contribution in [0.5, 0.6) is 11.5 Å². The molecule has 2 amide bonds. The summed E-state index contributed by atoms with van der Waals surface area (Å²) in [6.07, 6.45) is 0.963. The van der Waals surface area contributed by atoms with Crippen LogP contribution in [0.2, 0.25) is 0 Å². The van der Waals surface area contributed by atoms with Crippen LogP contribution in [0, 0.1) is 6.92 Å². The quantitative estimate of drug-likeness (QED) is 0.351. The summed E-state index contributed by atoms with van der Waals surface area (Å²) >= 11 is 1.64. The highest BCUT2D eigenvalue weighted by atomic mass is 32.1. The average molecular weight is 514 g/mol. The van der Waals surface area contributed by atoms with Gasteiger partial charge in [-0.15, -0.1) is 11.3 Å². The minimum atomic E-state index is -0.471. The van der Waals surface area contributed by atoms with E-state index in [1.54, 1.807) is 25.6 Å². The number of aryl methyl sites for hydroxylation is 1. The Labute approximate surface area is 219 Å². The van der Waals surface area contributed by atoms with Gasteiger partial charge in [-0.05, 0) is 78.6 Å². The molecule has 0 unspecified atom stereocenters. The number of ether oxygens (including phenoxy) is 2. The van der Waals surface area contributed by atoms with Crippen molar-refractivity contribution in [3.63, 3.8) is 0 Å². The smallest absolute Gasteiger partial charge is 0.251 e. The molecule has 0 aliphatic carbocycles. The molecule has 7 nitrogen and oxygen atoms in total. The molecule has 1 atom stereocenters. The van der Waals surface area contributed by atoms with Crippen LogP contribution in [0.25, 0.3) is 20.8 Å². The van der Waals surface area contributed by atoms with E-state index in [0.29, 0.717) is 30.3 Å². The van der Waals surface area contributed by atoms with E-state index in [2.05, 4.69) is 24.0 Å². The molecular formula is C29H27N3O4S. The fourth-order valence-corrected chi connectivity index (χ4v) is 6.32. The van der Waals surface area contributed by atoms with Crippen molar-refractivity contribution in [1.82, 2.24) is 9.88 Å². The zero-order valence-electron chi connectivity index (χ0n) is 21.0. The first-order valence-electron chi connectivity index (χ1n) is 12.3. The van der Waals surface area contributed by atoms with Crippen LogP contribution in [0.15, 0.2) is 54.6 Å². The van der Waals surface area contributed by atoms with Crippen molar-refractivity contribution in [2.45, 2.75) is 32.4 Å². The number of hydrogen-bond acceptors (Lipinski definition) is 7. The third-order valence-corrected chi connectivity index (χ3v) is 8.29. The lowest BCUT2D eigenvalue weighted by Crippen LogP contribution is -2.44. The number of fused-ring (bicyclic) bond motifs is 2. The number of anilines is 1. The third kappa shape index (κ3) is 4.16. The van der Waals surface area contributed by atoms with Gasteiger partial charge in [0.25, 0.3) is 5.91 Å². The van der Waals surface area contributed by atoms with Gasteiger partial charge in [0.05, 0.1) is 42.6 Å². The van der Waals surface area contributed by atoms with Crippen molar-refractivity contribution in [2.24, 2.45) is 0 Å². The fourth-order valence-electron chi connectivity index (χ4n) is 5.25. The minimum absolute atomic E-state index is 0.169. The first-order valence-corrected chi connectivity index (χ1v) is 13.1. The van der Waals surface area contributed by atoms with Crippen molar-refractivity contribution in [3.05, 3.63) is 71.3 Å². The summed E-state index contributed by atoms with van der Waals surface area (Å²) in [6, 6.07) is 17.3. The highest BCUT2D eigenvalue weighted by Gasteiger charge is 2.43. The van der Waals surface area contributed by atoms with Crippen LogP contribution in [-0.2, 0) is 22.6 Å². The van der Waals surface area contributed by atoms with Gasteiger partial charge in [0.15, 0.2) is 11.5 Å². The molecule has 1 aromatic heterocycles. The highest BCUT2D eigenvalue weighted by Crippen LogP contribution is 2.36. The summed E-state index contributed by atoms with van der Waals surface area (Å²) in [6.45, 7) is 3.36. The zero-order valence-corrected chi connectivity index (χ0v) is 21.8. The molecule has 2 aliphatic rings. The number of methoxy groups -OCH3 is 2. The lowest BCUT2D eigenvalue weighted by Gasteiger charge is -2.32. The van der Waals surface area contributed by atoms with E-state index in [1.807, 2.05) is 42.5 Å². The summed E-state index contributed by atoms with van der Waals surface area (Å²) in [7, 11) is 3.24. The van der Waals surface area contributed by atoms with E-state index in [1.165, 1.54) is 16.0 Å². The average Bonchev–Trinajstić information content (AvgIpc) is 3.47. The van der Waals surface area contributed by atoms with Gasteiger partial charge in [-0.1, -0.05) is 6.07 Å². The Morgan fingerprint density at radius 3 is 2.41 bits per heavy atom. The number of nitrogens with zero attached hydrogens (tertiary/aromatic N) is 3. The van der Waals surface area contributed by atoms with Gasteiger partial charge in [-0.2, -0.15) is 0 Å². The van der Waals surface area contributed by atoms with Crippen LogP contribution in [-0.4, -0.2) is 48.5 Å². The number of hydrogen-bond donors (Lipinski definition) is 0. The molecular weight excluding hydrogens is 486 g/mol. The number of amides is 2. The molecule has 0 spiro atoms. The molecule has 3 aromatic carbocycles. The molecule has 1 fully saturated rings. The monoisotopic (exact) mass is 513 g/mol. The Hall–Kier alpha value is -3.75. The molecule has 1 saturated heterocycles. The van der Waals surface area contributed by atoms with Crippen LogP contribution >= 0.6 is 11.3 Å². The number of carbonyl (C=O) groups is 2. The van der Waals surface area contributed by atoms with Gasteiger partial charge in [0.2, 0.25) is 5.91 Å². The maximum atomic E-state index is 13.5. The van der Waals surface area contributed by atoms with Crippen molar-refractivity contribution < 1.29 is 19.1 Å². The van der Waals surface area contributed by atoms with E-state index < -0.39 is 6.04 Å². The van der Waals surface area contributed by atoms with E-state index >= 15 is 0 Å². The fraction of sp³-hybridized carbons (Fsp3) is 0.276. The van der Waals surface area contributed by atoms with Crippen LogP contribution in [0.3, 0.4) is 0 Å². The molecule has 188 valence electrons. The van der Waals surface area contributed by atoms with Gasteiger partial charge in [0.1, 0.15) is 5.01 Å². The topological polar surface area (TPSA) is 72.0 Å². The largest absolute Gasteiger partial charge is 0.493 e. The molecule has 6 rings (SSSR count). The van der Waals surface area contributed by atoms with Crippen LogP contribution in [0.4, 0.5) is 5.69 Å². The number of imide groups is 1. The van der Waals surface area contributed by atoms with Crippen molar-refractivity contribution in [2.75, 3.05) is 25.7 Å². The van der Waals surface area contributed by atoms with E-state index in [0.717, 1.165) is 32.8 Å². The van der Waals surface area contributed by atoms with E-state index in [9.17, 15) is 9.59 Å². The molecule has 0 saturated carbocycles. The molecule has 3 heterocycles. The van der Waals surface area contributed by atoms with Crippen molar-refractivity contribution in [3.8, 4) is 22.1 Å². The molecule has 4 aromatic rings. The van der Waals surface area contributed by atoms with Gasteiger partial charge in [0, 0.05) is 18.7 Å². The SMILES string of the molecule is COc1cc2c(cc1OC)CN([C@H]1CC(=O)N(c3ccc(-c4nc5ccc(C)cc5s4)cc3)C1=O)CC2. The standard InChI is InChI=1S/C29H27N3O4S/c1-17-4-9-22-26(12-17)37-28(30-22)18-5-7-21(8-6-18)32-27(33)15-23(29(32)34)31-11-10-19-13-24(35-2)25(36-3)14-20(19)16-31/h4-9,12-14,23H,10-11,15-16H2,1-3H3/t23-/m0/s1. The molecule has 2 aliphatic heterocycles. The highest BCUT2D eigenvalue weighted by molar-refractivity contribution is 7.21. The first-order chi connectivity index (χ1) is 17.9. The van der Waals surface area contributed by atoms with Crippen molar-refractivity contribution in [1.29, 1.82) is 0 Å². The summed E-state index contributed by atoms with van der Waals surface area (Å²) in [5, 5.41) is 0.920. The predicted molar refractivity (Wildman–Crippen MR) is 144 cm³/mol. The summed E-state index contributed by atoms with van der Waals surface area (Å²) in [4.78, 5) is 34.6. The van der Waals surface area contributed by atoms with Crippen LogP contribution in [0.1, 0.15) is 23.1 Å². The lowest BCUT2D eigenvalue weighted by atomic mass is 9.97. The Morgan fingerprint density at radius 2 is 1.68 bits per heavy atom. The predicted octanol–water partition coefficient (Wildman–Crippen LogP) is 4.98. The molecule has 8 heteroatoms. The maximum Gasteiger partial charge on any atom is 0.251 e. The van der Waals surface area contributed by atoms with Crippen molar-refractivity contribution >= 4 is 39.1 Å².